The minimum atomic E-state index is -1.22. The summed E-state index contributed by atoms with van der Waals surface area (Å²) in [6.45, 7) is 2.43. The number of carbonyl (C=O) groups is 3. The van der Waals surface area contributed by atoms with E-state index < -0.39 is 17.8 Å². The molecule has 0 unspecified atom stereocenters. The van der Waals surface area contributed by atoms with Gasteiger partial charge >= 0.3 is 11.9 Å². The van der Waals surface area contributed by atoms with E-state index in [1.165, 1.54) is 0 Å². The molecule has 0 heterocycles. The Labute approximate surface area is 135 Å². The van der Waals surface area contributed by atoms with Gasteiger partial charge in [-0.2, -0.15) is 0 Å². The van der Waals surface area contributed by atoms with Crippen LogP contribution >= 0.6 is 0 Å². The summed E-state index contributed by atoms with van der Waals surface area (Å²) in [6, 6.07) is 6.43. The fourth-order valence-corrected chi connectivity index (χ4v) is 1.86. The number of esters is 1. The lowest BCUT2D eigenvalue weighted by molar-refractivity contribution is -0.131. The summed E-state index contributed by atoms with van der Waals surface area (Å²) in [4.78, 5) is 34.1. The summed E-state index contributed by atoms with van der Waals surface area (Å²) in [5.41, 5.74) is 0.520. The standard InChI is InChI=1S/C17H21NO5/c1-2-3-4-7-12-23-17(22)13-8-5-6-9-14(13)18-15(19)10-11-16(20)21/h5-6,8-11H,2-4,7,12H2,1H3,(H,18,19)(H,20,21)/b11-10+. The predicted octanol–water partition coefficient (Wildman–Crippen LogP) is 3.00. The molecule has 1 aromatic carbocycles. The third kappa shape index (κ3) is 7.26. The highest BCUT2D eigenvalue weighted by Crippen LogP contribution is 2.16. The number of benzene rings is 1. The maximum Gasteiger partial charge on any atom is 0.340 e. The quantitative estimate of drug-likeness (QED) is 0.414. The van der Waals surface area contributed by atoms with Crippen molar-refractivity contribution in [2.75, 3.05) is 11.9 Å². The lowest BCUT2D eigenvalue weighted by Crippen LogP contribution is -2.14. The Morgan fingerprint density at radius 2 is 1.87 bits per heavy atom. The highest BCUT2D eigenvalue weighted by atomic mass is 16.5. The van der Waals surface area contributed by atoms with Gasteiger partial charge in [-0.25, -0.2) is 9.59 Å². The van der Waals surface area contributed by atoms with Crippen molar-refractivity contribution >= 4 is 23.5 Å². The Bertz CT molecular complexity index is 580. The van der Waals surface area contributed by atoms with Gasteiger partial charge in [-0.05, 0) is 18.6 Å². The summed E-state index contributed by atoms with van der Waals surface area (Å²) in [5.74, 6) is -2.37. The normalized spacial score (nSPS) is 10.5. The Hall–Kier alpha value is -2.63. The predicted molar refractivity (Wildman–Crippen MR) is 86.3 cm³/mol. The van der Waals surface area contributed by atoms with Gasteiger partial charge in [0.2, 0.25) is 5.91 Å². The summed E-state index contributed by atoms with van der Waals surface area (Å²) in [6.07, 6.45) is 5.61. The average Bonchev–Trinajstić information content (AvgIpc) is 2.53. The van der Waals surface area contributed by atoms with Crippen LogP contribution in [0.25, 0.3) is 0 Å². The van der Waals surface area contributed by atoms with E-state index in [1.54, 1.807) is 24.3 Å². The van der Waals surface area contributed by atoms with Gasteiger partial charge in [-0.1, -0.05) is 38.3 Å². The van der Waals surface area contributed by atoms with E-state index in [0.29, 0.717) is 6.61 Å². The number of carboxylic acids is 1. The fraction of sp³-hybridized carbons (Fsp3) is 0.353. The highest BCUT2D eigenvalue weighted by molar-refractivity contribution is 6.06. The van der Waals surface area contributed by atoms with Crippen LogP contribution < -0.4 is 5.32 Å². The Morgan fingerprint density at radius 3 is 2.57 bits per heavy atom. The second kappa shape index (κ2) is 10.2. The van der Waals surface area contributed by atoms with Crippen molar-refractivity contribution in [2.45, 2.75) is 32.6 Å². The molecule has 0 fully saturated rings. The number of amides is 1. The number of rotatable bonds is 9. The van der Waals surface area contributed by atoms with E-state index in [0.717, 1.165) is 37.8 Å². The summed E-state index contributed by atoms with van der Waals surface area (Å²) in [5, 5.41) is 11.0. The molecule has 0 atom stereocenters. The summed E-state index contributed by atoms with van der Waals surface area (Å²) >= 11 is 0. The van der Waals surface area contributed by atoms with Crippen LogP contribution in [0.3, 0.4) is 0 Å². The van der Waals surface area contributed by atoms with E-state index in [4.69, 9.17) is 9.84 Å². The van der Waals surface area contributed by atoms with Crippen LogP contribution in [0.1, 0.15) is 43.0 Å². The molecule has 124 valence electrons. The number of hydrogen-bond acceptors (Lipinski definition) is 4. The average molecular weight is 319 g/mol. The maximum absolute atomic E-state index is 12.1. The molecule has 0 aliphatic rings. The molecular weight excluding hydrogens is 298 g/mol. The fourth-order valence-electron chi connectivity index (χ4n) is 1.86. The third-order valence-electron chi connectivity index (χ3n) is 3.01. The van der Waals surface area contributed by atoms with Gasteiger partial charge in [0.25, 0.3) is 0 Å². The molecule has 23 heavy (non-hydrogen) atoms. The summed E-state index contributed by atoms with van der Waals surface area (Å²) < 4.78 is 5.19. The number of aliphatic carboxylic acids is 1. The molecule has 0 bridgehead atoms. The van der Waals surface area contributed by atoms with Gasteiger partial charge in [0.15, 0.2) is 0 Å². The molecule has 1 rings (SSSR count). The molecule has 0 aliphatic heterocycles. The highest BCUT2D eigenvalue weighted by Gasteiger charge is 2.13. The van der Waals surface area contributed by atoms with Crippen molar-refractivity contribution in [3.05, 3.63) is 42.0 Å². The van der Waals surface area contributed by atoms with Crippen molar-refractivity contribution < 1.29 is 24.2 Å². The summed E-state index contributed by atoms with van der Waals surface area (Å²) in [7, 11) is 0. The second-order valence-corrected chi connectivity index (χ2v) is 4.90. The number of ether oxygens (including phenoxy) is 1. The first-order valence-electron chi connectivity index (χ1n) is 7.52. The van der Waals surface area contributed by atoms with Gasteiger partial charge in [-0.3, -0.25) is 4.79 Å². The van der Waals surface area contributed by atoms with Gasteiger partial charge in [0.1, 0.15) is 0 Å². The van der Waals surface area contributed by atoms with Gasteiger partial charge < -0.3 is 15.2 Å². The van der Waals surface area contributed by atoms with E-state index in [9.17, 15) is 14.4 Å². The molecule has 1 aromatic rings. The molecule has 0 saturated carbocycles. The number of hydrogen-bond donors (Lipinski definition) is 2. The van der Waals surface area contributed by atoms with Gasteiger partial charge in [-0.15, -0.1) is 0 Å². The molecule has 1 amide bonds. The third-order valence-corrected chi connectivity index (χ3v) is 3.01. The number of anilines is 1. The van der Waals surface area contributed by atoms with Gasteiger partial charge in [0.05, 0.1) is 17.9 Å². The molecule has 0 aliphatic carbocycles. The van der Waals surface area contributed by atoms with Gasteiger partial charge in [0, 0.05) is 12.2 Å². The lowest BCUT2D eigenvalue weighted by atomic mass is 10.1. The molecule has 0 saturated heterocycles. The van der Waals surface area contributed by atoms with E-state index >= 15 is 0 Å². The van der Waals surface area contributed by atoms with Crippen molar-refractivity contribution in [3.8, 4) is 0 Å². The smallest absolute Gasteiger partial charge is 0.340 e. The van der Waals surface area contributed by atoms with Crippen LogP contribution in [-0.2, 0) is 14.3 Å². The van der Waals surface area contributed by atoms with E-state index in [-0.39, 0.29) is 11.3 Å². The van der Waals surface area contributed by atoms with Crippen LogP contribution in [0.4, 0.5) is 5.69 Å². The van der Waals surface area contributed by atoms with Crippen LogP contribution in [0, 0.1) is 0 Å². The Morgan fingerprint density at radius 1 is 1.13 bits per heavy atom. The zero-order chi connectivity index (χ0) is 17.1. The van der Waals surface area contributed by atoms with Crippen molar-refractivity contribution in [3.63, 3.8) is 0 Å². The number of unbranched alkanes of at least 4 members (excludes halogenated alkanes) is 3. The Kier molecular flexibility index (Phi) is 8.13. The zero-order valence-corrected chi connectivity index (χ0v) is 13.1. The Balaban J connectivity index is 2.64. The number of para-hydroxylation sites is 1. The van der Waals surface area contributed by atoms with Crippen LogP contribution in [0.2, 0.25) is 0 Å². The monoisotopic (exact) mass is 319 g/mol. The van der Waals surface area contributed by atoms with E-state index in [2.05, 4.69) is 12.2 Å². The van der Waals surface area contributed by atoms with Crippen molar-refractivity contribution in [2.24, 2.45) is 0 Å². The zero-order valence-electron chi connectivity index (χ0n) is 13.1. The number of nitrogens with one attached hydrogen (secondary N) is 1. The number of carbonyl (C=O) groups excluding carboxylic acids is 2. The first kappa shape index (κ1) is 18.4. The first-order valence-corrected chi connectivity index (χ1v) is 7.52. The molecule has 0 spiro atoms. The maximum atomic E-state index is 12.1. The van der Waals surface area contributed by atoms with Crippen molar-refractivity contribution in [1.82, 2.24) is 0 Å². The second-order valence-electron chi connectivity index (χ2n) is 4.90. The van der Waals surface area contributed by atoms with Crippen LogP contribution in [0.5, 0.6) is 0 Å². The van der Waals surface area contributed by atoms with Crippen LogP contribution in [-0.4, -0.2) is 29.6 Å². The van der Waals surface area contributed by atoms with E-state index in [1.807, 2.05) is 0 Å². The van der Waals surface area contributed by atoms with Crippen LogP contribution in [0.15, 0.2) is 36.4 Å². The SMILES string of the molecule is CCCCCCOC(=O)c1ccccc1NC(=O)/C=C/C(=O)O. The molecule has 6 heteroatoms. The lowest BCUT2D eigenvalue weighted by Gasteiger charge is -2.09. The molecule has 0 aromatic heterocycles. The molecular formula is C17H21NO5. The molecule has 0 radical (unpaired) electrons. The molecule has 6 nitrogen and oxygen atoms in total. The topological polar surface area (TPSA) is 92.7 Å². The van der Waals surface area contributed by atoms with Crippen molar-refractivity contribution in [1.29, 1.82) is 0 Å². The largest absolute Gasteiger partial charge is 0.478 e. The first-order chi connectivity index (χ1) is 11.0. The molecule has 2 N–H and O–H groups in total. The minimum Gasteiger partial charge on any atom is -0.478 e. The number of carboxylic acid groups (broad SMARTS) is 1. The minimum absolute atomic E-state index is 0.236.